The van der Waals surface area contributed by atoms with Crippen molar-refractivity contribution in [3.05, 3.63) is 39.0 Å². The van der Waals surface area contributed by atoms with Crippen LogP contribution >= 0.6 is 22.7 Å². The van der Waals surface area contributed by atoms with Gasteiger partial charge in [-0.15, -0.1) is 22.7 Å². The third kappa shape index (κ3) is 3.26. The molecule has 1 aliphatic rings. The number of ether oxygens (including phenoxy) is 1. The van der Waals surface area contributed by atoms with Gasteiger partial charge in [0.2, 0.25) is 5.91 Å². The van der Waals surface area contributed by atoms with Gasteiger partial charge in [0.15, 0.2) is 0 Å². The van der Waals surface area contributed by atoms with Crippen LogP contribution in [0.25, 0.3) is 0 Å². The maximum atomic E-state index is 12.3. The topological polar surface area (TPSA) is 51.2 Å². The van der Waals surface area contributed by atoms with E-state index >= 15 is 0 Å². The average molecular weight is 308 g/mol. The highest BCUT2D eigenvalue weighted by Crippen LogP contribution is 2.24. The Labute approximate surface area is 125 Å². The van der Waals surface area contributed by atoms with Crippen LogP contribution in [0.4, 0.5) is 0 Å². The Morgan fingerprint density at radius 2 is 2.45 bits per heavy atom. The molecule has 1 saturated heterocycles. The molecule has 0 unspecified atom stereocenters. The number of thiophene rings is 1. The summed E-state index contributed by atoms with van der Waals surface area (Å²) in [6.07, 6.45) is 3.40. The zero-order valence-electron chi connectivity index (χ0n) is 11.0. The lowest BCUT2D eigenvalue weighted by Crippen LogP contribution is -2.35. The van der Waals surface area contributed by atoms with Gasteiger partial charge in [0.1, 0.15) is 5.01 Å². The fourth-order valence-corrected chi connectivity index (χ4v) is 3.71. The highest BCUT2D eigenvalue weighted by Gasteiger charge is 2.27. The summed E-state index contributed by atoms with van der Waals surface area (Å²) in [6, 6.07) is 4.09. The Bertz CT molecular complexity index is 534. The van der Waals surface area contributed by atoms with Crippen molar-refractivity contribution >= 4 is 28.6 Å². The summed E-state index contributed by atoms with van der Waals surface area (Å²) >= 11 is 3.29. The third-order valence-corrected chi connectivity index (χ3v) is 5.14. The molecule has 1 amide bonds. The number of hydrogen-bond donors (Lipinski definition) is 1. The highest BCUT2D eigenvalue weighted by molar-refractivity contribution is 7.10. The number of nitrogens with one attached hydrogen (secondary N) is 1. The monoisotopic (exact) mass is 308 g/mol. The number of nitrogens with zero attached hydrogens (tertiary/aromatic N) is 1. The van der Waals surface area contributed by atoms with E-state index in [0.717, 1.165) is 17.8 Å². The van der Waals surface area contributed by atoms with Gasteiger partial charge in [0.25, 0.3) is 0 Å². The second-order valence-electron chi connectivity index (χ2n) is 4.78. The molecule has 3 rings (SSSR count). The first-order valence-electron chi connectivity index (χ1n) is 6.63. The van der Waals surface area contributed by atoms with E-state index in [1.165, 1.54) is 4.88 Å². The molecule has 3 heterocycles. The molecule has 2 aromatic heterocycles. The number of rotatable bonds is 5. The van der Waals surface area contributed by atoms with Crippen LogP contribution in [0.15, 0.2) is 29.1 Å². The molecule has 1 aliphatic heterocycles. The van der Waals surface area contributed by atoms with E-state index in [0.29, 0.717) is 13.2 Å². The van der Waals surface area contributed by atoms with Crippen LogP contribution in [-0.2, 0) is 16.0 Å². The van der Waals surface area contributed by atoms with Crippen LogP contribution in [-0.4, -0.2) is 24.1 Å². The van der Waals surface area contributed by atoms with Crippen LogP contribution < -0.4 is 5.32 Å². The average Bonchev–Trinajstić information content (AvgIpc) is 3.20. The first kappa shape index (κ1) is 13.7. The second kappa shape index (κ2) is 6.47. The van der Waals surface area contributed by atoms with Crippen LogP contribution in [0, 0.1) is 5.92 Å². The predicted molar refractivity (Wildman–Crippen MR) is 79.9 cm³/mol. The maximum Gasteiger partial charge on any atom is 0.226 e. The molecular formula is C14H16N2O2S2. The largest absolute Gasteiger partial charge is 0.381 e. The summed E-state index contributed by atoms with van der Waals surface area (Å²) in [4.78, 5) is 17.9. The van der Waals surface area contributed by atoms with E-state index < -0.39 is 0 Å². The molecule has 0 saturated carbocycles. The summed E-state index contributed by atoms with van der Waals surface area (Å²) in [5.41, 5.74) is 0. The molecule has 2 atom stereocenters. The summed E-state index contributed by atoms with van der Waals surface area (Å²) in [5, 5.41) is 8.10. The van der Waals surface area contributed by atoms with Gasteiger partial charge in [-0.3, -0.25) is 4.79 Å². The minimum absolute atomic E-state index is 0.0132. The Hall–Kier alpha value is -1.24. The minimum atomic E-state index is -0.0400. The molecule has 106 valence electrons. The quantitative estimate of drug-likeness (QED) is 0.924. The second-order valence-corrected chi connectivity index (χ2v) is 6.73. The molecular weight excluding hydrogens is 292 g/mol. The fraction of sp³-hybridized carbons (Fsp3) is 0.429. The van der Waals surface area contributed by atoms with E-state index in [1.807, 2.05) is 11.4 Å². The number of carbonyl (C=O) groups is 1. The standard InChI is InChI=1S/C14H16N2O2S2/c17-13(10-3-5-18-9-10)16-12(14-15-4-7-20-14)8-11-2-1-6-19-11/h1-2,4,6-7,10,12H,3,5,8-9H2,(H,16,17)/t10-,12+/m1/s1. The van der Waals surface area contributed by atoms with Gasteiger partial charge < -0.3 is 10.1 Å². The first-order valence-corrected chi connectivity index (χ1v) is 8.39. The third-order valence-electron chi connectivity index (χ3n) is 3.35. The summed E-state index contributed by atoms with van der Waals surface area (Å²) in [5.74, 6) is 0.0695. The molecule has 6 heteroatoms. The Balaban J connectivity index is 1.70. The molecule has 0 aliphatic carbocycles. The fourth-order valence-electron chi connectivity index (χ4n) is 2.27. The number of hydrogen-bond acceptors (Lipinski definition) is 5. The van der Waals surface area contributed by atoms with Gasteiger partial charge in [-0.2, -0.15) is 0 Å². The summed E-state index contributed by atoms with van der Waals surface area (Å²) in [6.45, 7) is 1.22. The SMILES string of the molecule is O=C(N[C@@H](Cc1cccs1)c1nccs1)[C@@H]1CCOC1. The van der Waals surface area contributed by atoms with Crippen LogP contribution in [0.3, 0.4) is 0 Å². The number of aromatic nitrogens is 1. The Morgan fingerprint density at radius 3 is 3.10 bits per heavy atom. The molecule has 0 spiro atoms. The van der Waals surface area contributed by atoms with Gasteiger partial charge in [-0.25, -0.2) is 4.98 Å². The number of carbonyl (C=O) groups excluding carboxylic acids is 1. The minimum Gasteiger partial charge on any atom is -0.381 e. The van der Waals surface area contributed by atoms with E-state index in [9.17, 15) is 4.79 Å². The Kier molecular flexibility index (Phi) is 4.44. The van der Waals surface area contributed by atoms with E-state index in [-0.39, 0.29) is 17.9 Å². The number of thiazole rings is 1. The lowest BCUT2D eigenvalue weighted by molar-refractivity contribution is -0.125. The maximum absolute atomic E-state index is 12.3. The van der Waals surface area contributed by atoms with Crippen molar-refractivity contribution < 1.29 is 9.53 Å². The van der Waals surface area contributed by atoms with Gasteiger partial charge in [0, 0.05) is 29.5 Å². The van der Waals surface area contributed by atoms with Crippen LogP contribution in [0.5, 0.6) is 0 Å². The van der Waals surface area contributed by atoms with E-state index in [2.05, 4.69) is 21.7 Å². The zero-order chi connectivity index (χ0) is 13.8. The van der Waals surface area contributed by atoms with Gasteiger partial charge in [0.05, 0.1) is 18.6 Å². The van der Waals surface area contributed by atoms with E-state index in [1.54, 1.807) is 28.9 Å². The van der Waals surface area contributed by atoms with Crippen molar-refractivity contribution in [1.29, 1.82) is 0 Å². The smallest absolute Gasteiger partial charge is 0.226 e. The van der Waals surface area contributed by atoms with Gasteiger partial charge in [-0.1, -0.05) is 6.07 Å². The summed E-state index contributed by atoms with van der Waals surface area (Å²) in [7, 11) is 0. The van der Waals surface area contributed by atoms with Crippen molar-refractivity contribution in [2.45, 2.75) is 18.9 Å². The molecule has 0 aromatic carbocycles. The molecule has 0 bridgehead atoms. The predicted octanol–water partition coefficient (Wildman–Crippen LogP) is 2.64. The van der Waals surface area contributed by atoms with E-state index in [4.69, 9.17) is 4.74 Å². The Morgan fingerprint density at radius 1 is 1.50 bits per heavy atom. The van der Waals surface area contributed by atoms with Crippen LogP contribution in [0.2, 0.25) is 0 Å². The normalized spacial score (nSPS) is 19.9. The van der Waals surface area contributed by atoms with Crippen molar-refractivity contribution in [2.75, 3.05) is 13.2 Å². The lowest BCUT2D eigenvalue weighted by Gasteiger charge is -2.18. The molecule has 4 nitrogen and oxygen atoms in total. The van der Waals surface area contributed by atoms with Crippen molar-refractivity contribution in [2.24, 2.45) is 5.92 Å². The molecule has 2 aromatic rings. The lowest BCUT2D eigenvalue weighted by atomic mass is 10.1. The highest BCUT2D eigenvalue weighted by atomic mass is 32.1. The van der Waals surface area contributed by atoms with Crippen LogP contribution in [0.1, 0.15) is 22.3 Å². The zero-order valence-corrected chi connectivity index (χ0v) is 12.6. The van der Waals surface area contributed by atoms with Crippen molar-refractivity contribution in [3.8, 4) is 0 Å². The summed E-state index contributed by atoms with van der Waals surface area (Å²) < 4.78 is 5.28. The number of amides is 1. The molecule has 0 radical (unpaired) electrons. The molecule has 1 N–H and O–H groups in total. The first-order chi connectivity index (χ1) is 9.83. The molecule has 20 heavy (non-hydrogen) atoms. The van der Waals surface area contributed by atoms with Gasteiger partial charge >= 0.3 is 0 Å². The van der Waals surface area contributed by atoms with Crippen molar-refractivity contribution in [3.63, 3.8) is 0 Å². The van der Waals surface area contributed by atoms with Gasteiger partial charge in [-0.05, 0) is 17.9 Å². The molecule has 1 fully saturated rings. The van der Waals surface area contributed by atoms with Crippen molar-refractivity contribution in [1.82, 2.24) is 10.3 Å².